The van der Waals surface area contributed by atoms with Gasteiger partial charge in [-0.2, -0.15) is 0 Å². The van der Waals surface area contributed by atoms with Gasteiger partial charge in [0.1, 0.15) is 5.82 Å². The second kappa shape index (κ2) is 6.99. The van der Waals surface area contributed by atoms with Gasteiger partial charge in [0.15, 0.2) is 0 Å². The van der Waals surface area contributed by atoms with E-state index in [0.29, 0.717) is 0 Å². The van der Waals surface area contributed by atoms with Gasteiger partial charge in [-0.3, -0.25) is 4.79 Å². The average molecular weight is 345 g/mol. The molecule has 0 N–H and O–H groups in total. The zero-order valence-corrected chi connectivity index (χ0v) is 11.5. The molecule has 2 nitrogen and oxygen atoms in total. The Morgan fingerprint density at radius 2 is 2.11 bits per heavy atom. The molecule has 1 amide bonds. The van der Waals surface area contributed by atoms with Gasteiger partial charge in [-0.15, -0.1) is 11.6 Å². The smallest absolute Gasteiger partial charge is 0.255 e. The van der Waals surface area contributed by atoms with Gasteiger partial charge in [-0.05, 0) is 28.1 Å². The lowest BCUT2D eigenvalue weighted by atomic mass is 10.2. The van der Waals surface area contributed by atoms with E-state index in [1.807, 2.05) is 0 Å². The zero-order valence-electron chi connectivity index (χ0n) is 9.18. The highest BCUT2D eigenvalue weighted by molar-refractivity contribution is 9.10. The lowest BCUT2D eigenvalue weighted by molar-refractivity contribution is 0.0570. The van der Waals surface area contributed by atoms with Crippen molar-refractivity contribution in [2.45, 2.75) is 6.43 Å². The van der Waals surface area contributed by atoms with Crippen molar-refractivity contribution in [3.8, 4) is 0 Å². The molecule has 0 heterocycles. The normalized spacial score (nSPS) is 10.8. The summed E-state index contributed by atoms with van der Waals surface area (Å²) in [6, 6.07) is 3.87. The van der Waals surface area contributed by atoms with Crippen molar-refractivity contribution in [3.05, 3.63) is 34.1 Å². The zero-order chi connectivity index (χ0) is 13.7. The van der Waals surface area contributed by atoms with Gasteiger partial charge < -0.3 is 4.90 Å². The van der Waals surface area contributed by atoms with E-state index in [4.69, 9.17) is 11.6 Å². The number of hydrogen-bond acceptors (Lipinski definition) is 1. The molecular weight excluding hydrogens is 334 g/mol. The molecule has 0 atom stereocenters. The molecule has 0 radical (unpaired) electrons. The molecule has 100 valence electrons. The number of carbonyl (C=O) groups excluding carboxylic acids is 1. The number of carbonyl (C=O) groups is 1. The van der Waals surface area contributed by atoms with Crippen molar-refractivity contribution in [2.24, 2.45) is 0 Å². The van der Waals surface area contributed by atoms with Crippen molar-refractivity contribution in [2.75, 3.05) is 19.0 Å². The lowest BCUT2D eigenvalue weighted by Crippen LogP contribution is -2.36. The number of nitrogens with zero attached hydrogens (tertiary/aromatic N) is 1. The maximum atomic E-state index is 13.3. The summed E-state index contributed by atoms with van der Waals surface area (Å²) in [6.07, 6.45) is -2.66. The van der Waals surface area contributed by atoms with Crippen LogP contribution in [0.5, 0.6) is 0 Å². The topological polar surface area (TPSA) is 20.3 Å². The van der Waals surface area contributed by atoms with E-state index in [0.717, 1.165) is 4.90 Å². The van der Waals surface area contributed by atoms with E-state index < -0.39 is 24.7 Å². The Morgan fingerprint density at radius 1 is 1.44 bits per heavy atom. The molecule has 0 saturated heterocycles. The largest absolute Gasteiger partial charge is 0.332 e. The Bertz CT molecular complexity index is 431. The standard InChI is InChI=1S/C11H10BrClF3NO/c12-10-7(2-1-3-8(10)14)11(18)17(5-4-13)6-9(15)16/h1-3,9H,4-6H2. The minimum Gasteiger partial charge on any atom is -0.332 e. The van der Waals surface area contributed by atoms with Crippen LogP contribution in [-0.4, -0.2) is 36.2 Å². The van der Waals surface area contributed by atoms with Crippen LogP contribution in [0, 0.1) is 5.82 Å². The number of halogens is 5. The molecule has 18 heavy (non-hydrogen) atoms. The van der Waals surface area contributed by atoms with Gasteiger partial charge in [0.05, 0.1) is 16.6 Å². The van der Waals surface area contributed by atoms with Gasteiger partial charge in [-0.25, -0.2) is 13.2 Å². The van der Waals surface area contributed by atoms with Gasteiger partial charge in [-0.1, -0.05) is 6.07 Å². The summed E-state index contributed by atoms with van der Waals surface area (Å²) in [6.45, 7) is -0.748. The van der Waals surface area contributed by atoms with E-state index >= 15 is 0 Å². The van der Waals surface area contributed by atoms with Crippen LogP contribution in [0.25, 0.3) is 0 Å². The minimum absolute atomic E-state index is 0.000710. The van der Waals surface area contributed by atoms with Crippen molar-refractivity contribution in [3.63, 3.8) is 0 Å². The summed E-state index contributed by atoms with van der Waals surface area (Å²) in [5.74, 6) is -1.27. The molecule has 0 spiro atoms. The first kappa shape index (κ1) is 15.3. The monoisotopic (exact) mass is 343 g/mol. The van der Waals surface area contributed by atoms with Crippen LogP contribution in [0.3, 0.4) is 0 Å². The van der Waals surface area contributed by atoms with Crippen molar-refractivity contribution in [1.82, 2.24) is 4.90 Å². The molecular formula is C11H10BrClF3NO. The summed E-state index contributed by atoms with van der Waals surface area (Å²) in [4.78, 5) is 12.9. The predicted molar refractivity (Wildman–Crippen MR) is 66.7 cm³/mol. The van der Waals surface area contributed by atoms with E-state index in [1.165, 1.54) is 18.2 Å². The Balaban J connectivity index is 2.98. The number of hydrogen-bond donors (Lipinski definition) is 0. The molecule has 0 fully saturated rings. The van der Waals surface area contributed by atoms with Crippen LogP contribution in [0.4, 0.5) is 13.2 Å². The fourth-order valence-electron chi connectivity index (χ4n) is 1.38. The molecule has 0 aliphatic carbocycles. The molecule has 1 rings (SSSR count). The van der Waals surface area contributed by atoms with Crippen LogP contribution in [0.2, 0.25) is 0 Å². The third-order valence-electron chi connectivity index (χ3n) is 2.18. The Hall–Kier alpha value is -0.750. The van der Waals surface area contributed by atoms with Gasteiger partial charge in [0.25, 0.3) is 12.3 Å². The van der Waals surface area contributed by atoms with E-state index in [2.05, 4.69) is 15.9 Å². The highest BCUT2D eigenvalue weighted by Crippen LogP contribution is 2.22. The fraction of sp³-hybridized carbons (Fsp3) is 0.364. The molecule has 1 aromatic rings. The van der Waals surface area contributed by atoms with E-state index in [9.17, 15) is 18.0 Å². The first-order chi connectivity index (χ1) is 8.47. The number of amides is 1. The van der Waals surface area contributed by atoms with E-state index in [-0.39, 0.29) is 22.5 Å². The number of benzene rings is 1. The van der Waals surface area contributed by atoms with Crippen molar-refractivity contribution in [1.29, 1.82) is 0 Å². The second-order valence-electron chi connectivity index (χ2n) is 3.43. The molecule has 0 aliphatic heterocycles. The predicted octanol–water partition coefficient (Wildman–Crippen LogP) is 3.53. The molecule has 0 aliphatic rings. The maximum Gasteiger partial charge on any atom is 0.255 e. The summed E-state index contributed by atoms with van der Waals surface area (Å²) in [5.41, 5.74) is 0.000710. The maximum absolute atomic E-state index is 13.3. The lowest BCUT2D eigenvalue weighted by Gasteiger charge is -2.21. The SMILES string of the molecule is O=C(c1cccc(F)c1Br)N(CCCl)CC(F)F. The van der Waals surface area contributed by atoms with Crippen LogP contribution >= 0.6 is 27.5 Å². The highest BCUT2D eigenvalue weighted by Gasteiger charge is 2.22. The quantitative estimate of drug-likeness (QED) is 0.748. The number of rotatable bonds is 5. The molecule has 0 bridgehead atoms. The third kappa shape index (κ3) is 3.88. The van der Waals surface area contributed by atoms with Crippen molar-refractivity contribution >= 4 is 33.4 Å². The van der Waals surface area contributed by atoms with Crippen LogP contribution in [0.1, 0.15) is 10.4 Å². The Morgan fingerprint density at radius 3 is 2.67 bits per heavy atom. The summed E-state index contributed by atoms with van der Waals surface area (Å²) in [7, 11) is 0. The Labute approximate surface area is 116 Å². The first-order valence-corrected chi connectivity index (χ1v) is 6.37. The van der Waals surface area contributed by atoms with Gasteiger partial charge in [0.2, 0.25) is 0 Å². The third-order valence-corrected chi connectivity index (χ3v) is 3.16. The average Bonchev–Trinajstić information content (AvgIpc) is 2.31. The summed E-state index contributed by atoms with van der Waals surface area (Å²) < 4.78 is 37.9. The first-order valence-electron chi connectivity index (χ1n) is 5.04. The molecule has 1 aromatic carbocycles. The Kier molecular flexibility index (Phi) is 5.95. The number of alkyl halides is 3. The summed E-state index contributed by atoms with van der Waals surface area (Å²) >= 11 is 8.38. The molecule has 0 saturated carbocycles. The molecule has 7 heteroatoms. The van der Waals surface area contributed by atoms with E-state index in [1.54, 1.807) is 0 Å². The minimum atomic E-state index is -2.66. The van der Waals surface area contributed by atoms with Gasteiger partial charge in [0, 0.05) is 12.4 Å². The fourth-order valence-corrected chi connectivity index (χ4v) is 2.02. The second-order valence-corrected chi connectivity index (χ2v) is 4.60. The van der Waals surface area contributed by atoms with Crippen LogP contribution < -0.4 is 0 Å². The molecule has 0 unspecified atom stereocenters. The van der Waals surface area contributed by atoms with Gasteiger partial charge >= 0.3 is 0 Å². The van der Waals surface area contributed by atoms with Crippen LogP contribution in [-0.2, 0) is 0 Å². The van der Waals surface area contributed by atoms with Crippen molar-refractivity contribution < 1.29 is 18.0 Å². The van der Waals surface area contributed by atoms with Crippen LogP contribution in [0.15, 0.2) is 22.7 Å². The highest BCUT2D eigenvalue weighted by atomic mass is 79.9. The summed E-state index contributed by atoms with van der Waals surface area (Å²) in [5, 5.41) is 0. The molecule has 0 aromatic heterocycles.